The first kappa shape index (κ1) is 13.9. The van der Waals surface area contributed by atoms with E-state index in [9.17, 15) is 9.18 Å². The minimum Gasteiger partial charge on any atom is -0.344 e. The first-order chi connectivity index (χ1) is 10.2. The van der Waals surface area contributed by atoms with Crippen LogP contribution in [0.15, 0.2) is 36.9 Å². The highest BCUT2D eigenvalue weighted by atomic mass is 32.1. The number of thiazole rings is 1. The number of hydrogen-bond acceptors (Lipinski definition) is 3. The van der Waals surface area contributed by atoms with Gasteiger partial charge in [0.2, 0.25) is 5.91 Å². The lowest BCUT2D eigenvalue weighted by Crippen LogP contribution is -2.29. The van der Waals surface area contributed by atoms with Crippen LogP contribution in [0.5, 0.6) is 0 Å². The number of carbonyl (C=O) groups excluding carboxylic acids is 1. The fraction of sp³-hybridized carbons (Fsp3) is 0.250. The Morgan fingerprint density at radius 2 is 2.19 bits per heavy atom. The van der Waals surface area contributed by atoms with Crippen molar-refractivity contribution in [3.05, 3.63) is 53.3 Å². The number of amides is 1. The van der Waals surface area contributed by atoms with Crippen LogP contribution in [0.2, 0.25) is 0 Å². The zero-order chi connectivity index (χ0) is 14.8. The molecule has 1 aromatic heterocycles. The summed E-state index contributed by atoms with van der Waals surface area (Å²) < 4.78 is 13.0. The highest BCUT2D eigenvalue weighted by Gasteiger charge is 2.25. The normalized spacial score (nSPS) is 17.1. The Morgan fingerprint density at radius 1 is 1.43 bits per heavy atom. The molecule has 0 radical (unpaired) electrons. The number of carbonyl (C=O) groups is 1. The molecule has 3 nitrogen and oxygen atoms in total. The van der Waals surface area contributed by atoms with Gasteiger partial charge in [-0.2, -0.15) is 0 Å². The molecule has 21 heavy (non-hydrogen) atoms. The molecule has 1 N–H and O–H groups in total. The molecule has 108 valence electrons. The summed E-state index contributed by atoms with van der Waals surface area (Å²) >= 11 is 1.62. The quantitative estimate of drug-likeness (QED) is 0.880. The standard InChI is InChI=1S/C16H15FN2OS/c1-2-14(20)18-12-4-3-5-13-15(12)19-16(21-13)10-6-8-11(17)9-7-10/h2,6-9,12H,1,3-5H2,(H,18,20). The molecule has 0 fully saturated rings. The van der Waals surface area contributed by atoms with E-state index in [1.165, 1.54) is 23.1 Å². The van der Waals surface area contributed by atoms with Crippen LogP contribution in [-0.4, -0.2) is 10.9 Å². The summed E-state index contributed by atoms with van der Waals surface area (Å²) in [6, 6.07) is 6.29. The summed E-state index contributed by atoms with van der Waals surface area (Å²) in [5.41, 5.74) is 1.85. The van der Waals surface area contributed by atoms with Crippen molar-refractivity contribution in [3.63, 3.8) is 0 Å². The van der Waals surface area contributed by atoms with Crippen molar-refractivity contribution in [1.29, 1.82) is 0 Å². The molecule has 0 spiro atoms. The van der Waals surface area contributed by atoms with Crippen molar-refractivity contribution in [2.45, 2.75) is 25.3 Å². The second-order valence-corrected chi connectivity index (χ2v) is 6.08. The van der Waals surface area contributed by atoms with Crippen LogP contribution >= 0.6 is 11.3 Å². The summed E-state index contributed by atoms with van der Waals surface area (Å²) in [5.74, 6) is -0.430. The summed E-state index contributed by atoms with van der Waals surface area (Å²) in [5, 5.41) is 3.80. The molecule has 1 amide bonds. The summed E-state index contributed by atoms with van der Waals surface area (Å²) in [7, 11) is 0. The topological polar surface area (TPSA) is 42.0 Å². The van der Waals surface area contributed by atoms with Gasteiger partial charge in [0.05, 0.1) is 11.7 Å². The lowest BCUT2D eigenvalue weighted by Gasteiger charge is -2.21. The zero-order valence-electron chi connectivity index (χ0n) is 11.4. The molecule has 0 saturated carbocycles. The van der Waals surface area contributed by atoms with Gasteiger partial charge in [0.15, 0.2) is 0 Å². The molecular weight excluding hydrogens is 287 g/mol. The van der Waals surface area contributed by atoms with Gasteiger partial charge < -0.3 is 5.32 Å². The van der Waals surface area contributed by atoms with Crippen LogP contribution in [0.1, 0.15) is 29.5 Å². The van der Waals surface area contributed by atoms with E-state index in [2.05, 4.69) is 16.9 Å². The van der Waals surface area contributed by atoms with Gasteiger partial charge in [0, 0.05) is 10.4 Å². The van der Waals surface area contributed by atoms with E-state index in [4.69, 9.17) is 0 Å². The molecule has 3 rings (SSSR count). The number of benzene rings is 1. The van der Waals surface area contributed by atoms with Crippen LogP contribution < -0.4 is 5.32 Å². The van der Waals surface area contributed by atoms with Gasteiger partial charge in [-0.1, -0.05) is 6.58 Å². The molecule has 2 aromatic rings. The van der Waals surface area contributed by atoms with Crippen LogP contribution in [-0.2, 0) is 11.2 Å². The largest absolute Gasteiger partial charge is 0.344 e. The minimum absolute atomic E-state index is 0.0512. The van der Waals surface area contributed by atoms with Crippen molar-refractivity contribution in [2.75, 3.05) is 0 Å². The molecule has 5 heteroatoms. The number of aromatic nitrogens is 1. The van der Waals surface area contributed by atoms with Gasteiger partial charge in [-0.25, -0.2) is 9.37 Å². The van der Waals surface area contributed by atoms with Gasteiger partial charge in [-0.05, 0) is 49.6 Å². The van der Waals surface area contributed by atoms with E-state index < -0.39 is 0 Å². The fourth-order valence-corrected chi connectivity index (χ4v) is 3.68. The maximum Gasteiger partial charge on any atom is 0.243 e. The van der Waals surface area contributed by atoms with E-state index in [1.54, 1.807) is 23.5 Å². The second-order valence-electron chi connectivity index (χ2n) is 4.99. The van der Waals surface area contributed by atoms with Gasteiger partial charge in [0.25, 0.3) is 0 Å². The van der Waals surface area contributed by atoms with Crippen LogP contribution in [0.25, 0.3) is 10.6 Å². The van der Waals surface area contributed by atoms with Crippen molar-refractivity contribution < 1.29 is 9.18 Å². The van der Waals surface area contributed by atoms with E-state index >= 15 is 0 Å². The third-order valence-electron chi connectivity index (χ3n) is 3.55. The van der Waals surface area contributed by atoms with Crippen LogP contribution in [0, 0.1) is 5.82 Å². The smallest absolute Gasteiger partial charge is 0.243 e. The number of aryl methyl sites for hydroxylation is 1. The Labute approximate surface area is 126 Å². The average molecular weight is 302 g/mol. The van der Waals surface area contributed by atoms with Gasteiger partial charge >= 0.3 is 0 Å². The Hall–Kier alpha value is -2.01. The summed E-state index contributed by atoms with van der Waals surface area (Å²) in [6.45, 7) is 3.48. The van der Waals surface area contributed by atoms with Crippen LogP contribution in [0.3, 0.4) is 0 Å². The molecule has 0 saturated heterocycles. The predicted octanol–water partition coefficient (Wildman–Crippen LogP) is 3.63. The van der Waals surface area contributed by atoms with Crippen molar-refractivity contribution in [1.82, 2.24) is 10.3 Å². The molecular formula is C16H15FN2OS. The highest BCUT2D eigenvalue weighted by molar-refractivity contribution is 7.15. The summed E-state index contributed by atoms with van der Waals surface area (Å²) in [6.07, 6.45) is 4.18. The number of nitrogens with one attached hydrogen (secondary N) is 1. The van der Waals surface area contributed by atoms with Gasteiger partial charge in [-0.3, -0.25) is 4.79 Å². The second kappa shape index (κ2) is 5.77. The lowest BCUT2D eigenvalue weighted by molar-refractivity contribution is -0.117. The Morgan fingerprint density at radius 3 is 2.90 bits per heavy atom. The van der Waals surface area contributed by atoms with E-state index in [1.807, 2.05) is 0 Å². The van der Waals surface area contributed by atoms with E-state index in [0.29, 0.717) is 0 Å². The molecule has 1 unspecified atom stereocenters. The summed E-state index contributed by atoms with van der Waals surface area (Å²) in [4.78, 5) is 17.4. The maximum atomic E-state index is 13.0. The zero-order valence-corrected chi connectivity index (χ0v) is 12.3. The molecule has 1 aliphatic rings. The SMILES string of the molecule is C=CC(=O)NC1CCCc2sc(-c3ccc(F)cc3)nc21. The van der Waals surface area contributed by atoms with Crippen molar-refractivity contribution in [2.24, 2.45) is 0 Å². The Balaban J connectivity index is 1.92. The highest BCUT2D eigenvalue weighted by Crippen LogP contribution is 2.37. The molecule has 1 aromatic carbocycles. The monoisotopic (exact) mass is 302 g/mol. The number of fused-ring (bicyclic) bond motifs is 1. The first-order valence-corrected chi connectivity index (χ1v) is 7.67. The maximum absolute atomic E-state index is 13.0. The van der Waals surface area contributed by atoms with Crippen LogP contribution in [0.4, 0.5) is 4.39 Å². The third kappa shape index (κ3) is 2.88. The van der Waals surface area contributed by atoms with Gasteiger partial charge in [0.1, 0.15) is 10.8 Å². The fourth-order valence-electron chi connectivity index (χ4n) is 2.51. The molecule has 1 aliphatic carbocycles. The number of halogens is 1. The molecule has 1 atom stereocenters. The molecule has 0 bridgehead atoms. The van der Waals surface area contributed by atoms with Crippen molar-refractivity contribution in [3.8, 4) is 10.6 Å². The van der Waals surface area contributed by atoms with Crippen molar-refractivity contribution >= 4 is 17.2 Å². The van der Waals surface area contributed by atoms with E-state index in [0.717, 1.165) is 35.5 Å². The Kier molecular flexibility index (Phi) is 3.84. The van der Waals surface area contributed by atoms with E-state index in [-0.39, 0.29) is 17.8 Å². The average Bonchev–Trinajstić information content (AvgIpc) is 2.93. The van der Waals surface area contributed by atoms with Gasteiger partial charge in [-0.15, -0.1) is 11.3 Å². The number of hydrogen-bond donors (Lipinski definition) is 1. The Bertz CT molecular complexity index is 678. The number of rotatable bonds is 3. The number of nitrogens with zero attached hydrogens (tertiary/aromatic N) is 1. The molecule has 1 heterocycles. The molecule has 0 aliphatic heterocycles. The minimum atomic E-state index is -0.254. The predicted molar refractivity (Wildman–Crippen MR) is 81.5 cm³/mol. The third-order valence-corrected chi connectivity index (χ3v) is 4.73. The lowest BCUT2D eigenvalue weighted by atomic mass is 9.97. The first-order valence-electron chi connectivity index (χ1n) is 6.86.